The zero-order chi connectivity index (χ0) is 21.2. The molecular weight excluding hydrogens is 384 g/mol. The fourth-order valence-electron chi connectivity index (χ4n) is 2.35. The number of aliphatic hydroxyl groups is 5. The standard InChI is InChI=1S/C13H19F2NO11/c14-12(15,11(25)16-4(10(23)24)1-2-6(18)19)13(26)9(22)8(21)7(20)5(3-17)27-13/h4-5,7-9,17,20-22,26H,1-3H2,(H,16,25)(H,18,19)(H,23,24)/t4-,5+,7+,8-,9-,13+/m0/s1. The Bertz CT molecular complexity index is 587. The van der Waals surface area contributed by atoms with E-state index in [4.69, 9.17) is 15.3 Å². The van der Waals surface area contributed by atoms with Gasteiger partial charge in [-0.05, 0) is 6.42 Å². The average Bonchev–Trinajstić information content (AvgIpc) is 2.58. The molecular formula is C13H19F2NO11. The Morgan fingerprint density at radius 3 is 2.15 bits per heavy atom. The molecule has 1 aliphatic heterocycles. The van der Waals surface area contributed by atoms with E-state index in [1.54, 1.807) is 0 Å². The number of carbonyl (C=O) groups is 3. The van der Waals surface area contributed by atoms with Crippen LogP contribution in [0.5, 0.6) is 0 Å². The van der Waals surface area contributed by atoms with Crippen LogP contribution in [0.2, 0.25) is 0 Å². The molecule has 0 saturated carbocycles. The monoisotopic (exact) mass is 403 g/mol. The summed E-state index contributed by atoms with van der Waals surface area (Å²) in [5, 5.41) is 66.4. The van der Waals surface area contributed by atoms with Gasteiger partial charge in [-0.15, -0.1) is 0 Å². The molecule has 14 heteroatoms. The molecule has 8 N–H and O–H groups in total. The third-order valence-corrected chi connectivity index (χ3v) is 3.95. The molecule has 0 spiro atoms. The Hall–Kier alpha value is -1.97. The highest BCUT2D eigenvalue weighted by Crippen LogP contribution is 2.40. The molecule has 1 rings (SSSR count). The molecule has 156 valence electrons. The molecule has 0 aliphatic carbocycles. The van der Waals surface area contributed by atoms with E-state index >= 15 is 0 Å². The van der Waals surface area contributed by atoms with Crippen molar-refractivity contribution in [3.63, 3.8) is 0 Å². The van der Waals surface area contributed by atoms with Crippen LogP contribution in [0, 0.1) is 0 Å². The van der Waals surface area contributed by atoms with Gasteiger partial charge >= 0.3 is 17.9 Å². The Balaban J connectivity index is 3.08. The summed E-state index contributed by atoms with van der Waals surface area (Å²) in [5.74, 6) is -15.0. The Labute approximate surface area is 149 Å². The van der Waals surface area contributed by atoms with Crippen LogP contribution < -0.4 is 5.32 Å². The van der Waals surface area contributed by atoms with Crippen LogP contribution in [-0.4, -0.2) is 102 Å². The molecule has 0 unspecified atom stereocenters. The Morgan fingerprint density at radius 1 is 1.15 bits per heavy atom. The summed E-state index contributed by atoms with van der Waals surface area (Å²) in [4.78, 5) is 33.3. The second-order valence-electron chi connectivity index (χ2n) is 5.83. The number of hydrogen-bond acceptors (Lipinski definition) is 9. The van der Waals surface area contributed by atoms with Crippen molar-refractivity contribution in [1.29, 1.82) is 0 Å². The molecule has 0 aromatic heterocycles. The van der Waals surface area contributed by atoms with Gasteiger partial charge in [-0.25, -0.2) is 4.79 Å². The molecule has 0 radical (unpaired) electrons. The lowest BCUT2D eigenvalue weighted by Gasteiger charge is -2.47. The first-order chi connectivity index (χ1) is 12.3. The maximum Gasteiger partial charge on any atom is 0.379 e. The van der Waals surface area contributed by atoms with Gasteiger partial charge in [0, 0.05) is 6.42 Å². The highest BCUT2D eigenvalue weighted by atomic mass is 19.3. The van der Waals surface area contributed by atoms with E-state index < -0.39 is 79.5 Å². The molecule has 1 aliphatic rings. The van der Waals surface area contributed by atoms with E-state index in [1.807, 2.05) is 0 Å². The summed E-state index contributed by atoms with van der Waals surface area (Å²) < 4.78 is 33.2. The van der Waals surface area contributed by atoms with Crippen LogP contribution in [0.1, 0.15) is 12.8 Å². The third kappa shape index (κ3) is 4.48. The first-order valence-corrected chi connectivity index (χ1v) is 7.48. The van der Waals surface area contributed by atoms with Crippen LogP contribution in [-0.2, 0) is 19.1 Å². The predicted octanol–water partition coefficient (Wildman–Crippen LogP) is -3.78. The molecule has 1 saturated heterocycles. The second-order valence-corrected chi connectivity index (χ2v) is 5.83. The number of ether oxygens (including phenoxy) is 1. The number of alkyl halides is 2. The summed E-state index contributed by atoms with van der Waals surface area (Å²) >= 11 is 0. The number of hydrogen-bond donors (Lipinski definition) is 8. The van der Waals surface area contributed by atoms with Gasteiger partial charge in [0.25, 0.3) is 11.7 Å². The lowest BCUT2D eigenvalue weighted by Crippen LogP contribution is -2.74. The Kier molecular flexibility index (Phi) is 7.15. The molecule has 0 aromatic carbocycles. The van der Waals surface area contributed by atoms with Crippen LogP contribution in [0.15, 0.2) is 0 Å². The minimum Gasteiger partial charge on any atom is -0.481 e. The van der Waals surface area contributed by atoms with Gasteiger partial charge in [0.2, 0.25) is 0 Å². The Morgan fingerprint density at radius 2 is 1.70 bits per heavy atom. The van der Waals surface area contributed by atoms with E-state index in [-0.39, 0.29) is 0 Å². The summed E-state index contributed by atoms with van der Waals surface area (Å²) in [7, 11) is 0. The van der Waals surface area contributed by atoms with Crippen molar-refractivity contribution in [2.45, 2.75) is 55.0 Å². The highest BCUT2D eigenvalue weighted by Gasteiger charge is 2.69. The van der Waals surface area contributed by atoms with Crippen molar-refractivity contribution in [3.05, 3.63) is 0 Å². The van der Waals surface area contributed by atoms with Gasteiger partial charge in [0.05, 0.1) is 6.61 Å². The van der Waals surface area contributed by atoms with E-state index in [0.29, 0.717) is 0 Å². The lowest BCUT2D eigenvalue weighted by molar-refractivity contribution is -0.401. The number of halogens is 2. The van der Waals surface area contributed by atoms with Gasteiger partial charge in [0.15, 0.2) is 0 Å². The zero-order valence-electron chi connectivity index (χ0n) is 13.5. The minimum absolute atomic E-state index is 0.769. The lowest BCUT2D eigenvalue weighted by atomic mass is 9.88. The summed E-state index contributed by atoms with van der Waals surface area (Å²) in [6, 6.07) is -2.08. The van der Waals surface area contributed by atoms with E-state index in [0.717, 1.165) is 0 Å². The first kappa shape index (κ1) is 23.1. The maximum absolute atomic E-state index is 14.4. The van der Waals surface area contributed by atoms with E-state index in [1.165, 1.54) is 5.32 Å². The van der Waals surface area contributed by atoms with Gasteiger partial charge in [-0.2, -0.15) is 8.78 Å². The molecule has 12 nitrogen and oxygen atoms in total. The van der Waals surface area contributed by atoms with Gasteiger partial charge in [0.1, 0.15) is 30.5 Å². The zero-order valence-corrected chi connectivity index (χ0v) is 13.5. The van der Waals surface area contributed by atoms with Gasteiger partial charge in [-0.3, -0.25) is 9.59 Å². The van der Waals surface area contributed by atoms with Crippen LogP contribution in [0.4, 0.5) is 8.78 Å². The topological polar surface area (TPSA) is 214 Å². The maximum atomic E-state index is 14.4. The molecule has 0 bridgehead atoms. The predicted molar refractivity (Wildman–Crippen MR) is 76.3 cm³/mol. The number of nitrogens with one attached hydrogen (secondary N) is 1. The number of carboxylic acid groups (broad SMARTS) is 2. The van der Waals surface area contributed by atoms with Crippen molar-refractivity contribution in [2.24, 2.45) is 0 Å². The van der Waals surface area contributed by atoms with Crippen molar-refractivity contribution in [1.82, 2.24) is 5.32 Å². The summed E-state index contributed by atoms with van der Waals surface area (Å²) in [6.07, 6.45) is -11.0. The number of aliphatic carboxylic acids is 2. The van der Waals surface area contributed by atoms with Crippen LogP contribution >= 0.6 is 0 Å². The fourth-order valence-corrected chi connectivity index (χ4v) is 2.35. The minimum atomic E-state index is -5.07. The number of carboxylic acids is 2. The number of amides is 1. The van der Waals surface area contributed by atoms with E-state index in [9.17, 15) is 43.6 Å². The van der Waals surface area contributed by atoms with E-state index in [2.05, 4.69) is 4.74 Å². The average molecular weight is 403 g/mol. The summed E-state index contributed by atoms with van der Waals surface area (Å²) in [5.41, 5.74) is 0. The SMILES string of the molecule is O=C(O)CC[C@H](NC(=O)C(F)(F)[C@]1(O)O[C@H](CO)[C@@H](O)[C@H](O)[C@@H]1O)C(=O)O. The third-order valence-electron chi connectivity index (χ3n) is 3.95. The molecule has 0 aromatic rings. The van der Waals surface area contributed by atoms with Gasteiger partial charge in [-0.1, -0.05) is 0 Å². The van der Waals surface area contributed by atoms with Crippen molar-refractivity contribution in [2.75, 3.05) is 6.61 Å². The molecule has 6 atom stereocenters. The largest absolute Gasteiger partial charge is 0.481 e. The smallest absolute Gasteiger partial charge is 0.379 e. The van der Waals surface area contributed by atoms with Gasteiger partial charge < -0.3 is 45.8 Å². The number of aliphatic hydroxyl groups excluding tert-OH is 4. The van der Waals surface area contributed by atoms with Crippen LogP contribution in [0.25, 0.3) is 0 Å². The van der Waals surface area contributed by atoms with Crippen molar-refractivity contribution < 1.29 is 63.6 Å². The summed E-state index contributed by atoms with van der Waals surface area (Å²) in [6.45, 7) is -1.18. The highest BCUT2D eigenvalue weighted by molar-refractivity contribution is 5.89. The molecule has 27 heavy (non-hydrogen) atoms. The number of rotatable bonds is 8. The number of carbonyl (C=O) groups excluding carboxylic acids is 1. The quantitative estimate of drug-likeness (QED) is 0.197. The molecule has 1 fully saturated rings. The van der Waals surface area contributed by atoms with Crippen LogP contribution in [0.3, 0.4) is 0 Å². The molecule has 1 heterocycles. The van der Waals surface area contributed by atoms with Crippen molar-refractivity contribution >= 4 is 17.8 Å². The molecule has 1 amide bonds. The van der Waals surface area contributed by atoms with Crippen molar-refractivity contribution in [3.8, 4) is 0 Å². The normalized spacial score (nSPS) is 32.6. The fraction of sp³-hybridized carbons (Fsp3) is 0.769. The second kappa shape index (κ2) is 8.37. The first-order valence-electron chi connectivity index (χ1n) is 7.48.